The number of ether oxygens (including phenoxy) is 2. The summed E-state index contributed by atoms with van der Waals surface area (Å²) in [5, 5.41) is 3.55. The summed E-state index contributed by atoms with van der Waals surface area (Å²) in [5.41, 5.74) is 0. The number of methoxy groups -OCH3 is 1. The largest absolute Gasteiger partial charge is 0.380 e. The van der Waals surface area contributed by atoms with Gasteiger partial charge in [-0.15, -0.1) is 0 Å². The van der Waals surface area contributed by atoms with Crippen molar-refractivity contribution in [2.45, 2.75) is 51.7 Å². The molecule has 1 aliphatic rings. The van der Waals surface area contributed by atoms with Gasteiger partial charge in [0.25, 0.3) is 0 Å². The van der Waals surface area contributed by atoms with E-state index in [0.717, 1.165) is 38.5 Å². The lowest BCUT2D eigenvalue weighted by molar-refractivity contribution is 0.00976. The molecule has 0 amide bonds. The summed E-state index contributed by atoms with van der Waals surface area (Å²) in [5.74, 6) is 0.754. The van der Waals surface area contributed by atoms with Crippen LogP contribution in [-0.4, -0.2) is 39.0 Å². The third-order valence-electron chi connectivity index (χ3n) is 3.06. The summed E-state index contributed by atoms with van der Waals surface area (Å²) >= 11 is 0. The maximum Gasteiger partial charge on any atom is 0.0774 e. The monoisotopic (exact) mass is 229 g/mol. The molecule has 0 heterocycles. The predicted octanol–water partition coefficient (Wildman–Crippen LogP) is 2.21. The van der Waals surface area contributed by atoms with Gasteiger partial charge in [0.15, 0.2) is 0 Å². The zero-order valence-electron chi connectivity index (χ0n) is 11.0. The average Bonchev–Trinajstić information content (AvgIpc) is 3.10. The van der Waals surface area contributed by atoms with Gasteiger partial charge in [0.1, 0.15) is 0 Å². The summed E-state index contributed by atoms with van der Waals surface area (Å²) in [7, 11) is 1.82. The zero-order chi connectivity index (χ0) is 11.8. The van der Waals surface area contributed by atoms with Crippen LogP contribution in [-0.2, 0) is 9.47 Å². The molecule has 1 fully saturated rings. The maximum absolute atomic E-state index is 5.66. The van der Waals surface area contributed by atoms with E-state index >= 15 is 0 Å². The van der Waals surface area contributed by atoms with Crippen molar-refractivity contribution >= 4 is 0 Å². The Morgan fingerprint density at radius 2 is 2.00 bits per heavy atom. The fourth-order valence-corrected chi connectivity index (χ4v) is 2.06. The third kappa shape index (κ3) is 4.81. The van der Waals surface area contributed by atoms with Gasteiger partial charge in [0.05, 0.1) is 18.8 Å². The van der Waals surface area contributed by atoms with Gasteiger partial charge >= 0.3 is 0 Å². The van der Waals surface area contributed by atoms with E-state index in [1.807, 2.05) is 7.11 Å². The van der Waals surface area contributed by atoms with Crippen molar-refractivity contribution in [2.75, 3.05) is 26.9 Å². The highest BCUT2D eigenvalue weighted by molar-refractivity contribution is 4.90. The minimum Gasteiger partial charge on any atom is -0.380 e. The minimum absolute atomic E-state index is 0.336. The van der Waals surface area contributed by atoms with Crippen molar-refractivity contribution in [1.82, 2.24) is 5.32 Å². The zero-order valence-corrected chi connectivity index (χ0v) is 11.0. The first-order valence-corrected chi connectivity index (χ1v) is 6.67. The second-order valence-corrected chi connectivity index (χ2v) is 4.67. The lowest BCUT2D eigenvalue weighted by Gasteiger charge is -2.27. The molecule has 1 N–H and O–H groups in total. The van der Waals surface area contributed by atoms with Crippen LogP contribution in [0.2, 0.25) is 0 Å². The van der Waals surface area contributed by atoms with Crippen molar-refractivity contribution in [2.24, 2.45) is 5.92 Å². The van der Waals surface area contributed by atoms with Crippen LogP contribution in [0.4, 0.5) is 0 Å². The molecule has 3 heteroatoms. The molecule has 0 saturated heterocycles. The van der Waals surface area contributed by atoms with Crippen molar-refractivity contribution in [3.05, 3.63) is 0 Å². The lowest BCUT2D eigenvalue weighted by atomic mass is 10.1. The molecule has 0 aromatic heterocycles. The van der Waals surface area contributed by atoms with Crippen molar-refractivity contribution in [3.63, 3.8) is 0 Å². The molecule has 0 aromatic rings. The van der Waals surface area contributed by atoms with Crippen LogP contribution in [0, 0.1) is 5.92 Å². The topological polar surface area (TPSA) is 30.5 Å². The third-order valence-corrected chi connectivity index (χ3v) is 3.06. The molecule has 2 atom stereocenters. The standard InChI is InChI=1S/C13H27NO2/c1-4-8-14-12(10-16-9-5-2)13(15-3)11-6-7-11/h11-14H,4-10H2,1-3H3. The van der Waals surface area contributed by atoms with E-state index in [4.69, 9.17) is 9.47 Å². The molecule has 1 saturated carbocycles. The Hall–Kier alpha value is -0.120. The first kappa shape index (κ1) is 13.9. The predicted molar refractivity (Wildman–Crippen MR) is 66.7 cm³/mol. The van der Waals surface area contributed by atoms with Gasteiger partial charge in [0, 0.05) is 13.7 Å². The van der Waals surface area contributed by atoms with Gasteiger partial charge in [-0.2, -0.15) is 0 Å². The SMILES string of the molecule is CCCNC(COCCC)C(OC)C1CC1. The molecule has 0 spiro atoms. The summed E-state index contributed by atoms with van der Waals surface area (Å²) in [4.78, 5) is 0. The van der Waals surface area contributed by atoms with Gasteiger partial charge in [-0.1, -0.05) is 13.8 Å². The second kappa shape index (κ2) is 8.04. The van der Waals surface area contributed by atoms with Crippen LogP contribution in [0.15, 0.2) is 0 Å². The molecule has 0 aliphatic heterocycles. The Kier molecular flexibility index (Phi) is 7.01. The lowest BCUT2D eigenvalue weighted by Crippen LogP contribution is -2.46. The maximum atomic E-state index is 5.66. The quantitative estimate of drug-likeness (QED) is 0.583. The van der Waals surface area contributed by atoms with Gasteiger partial charge in [-0.3, -0.25) is 0 Å². The molecule has 0 bridgehead atoms. The first-order chi connectivity index (χ1) is 7.83. The highest BCUT2D eigenvalue weighted by atomic mass is 16.5. The smallest absolute Gasteiger partial charge is 0.0774 e. The number of hydrogen-bond acceptors (Lipinski definition) is 3. The number of hydrogen-bond donors (Lipinski definition) is 1. The summed E-state index contributed by atoms with van der Waals surface area (Å²) < 4.78 is 11.3. The summed E-state index contributed by atoms with van der Waals surface area (Å²) in [6.45, 7) is 7.01. The van der Waals surface area contributed by atoms with E-state index in [1.165, 1.54) is 12.8 Å². The average molecular weight is 229 g/mol. The second-order valence-electron chi connectivity index (χ2n) is 4.67. The Morgan fingerprint density at radius 3 is 2.50 bits per heavy atom. The van der Waals surface area contributed by atoms with Crippen LogP contribution in [0.5, 0.6) is 0 Å². The Balaban J connectivity index is 2.33. The Morgan fingerprint density at radius 1 is 1.25 bits per heavy atom. The van der Waals surface area contributed by atoms with Gasteiger partial charge in [-0.25, -0.2) is 0 Å². The van der Waals surface area contributed by atoms with Gasteiger partial charge in [0.2, 0.25) is 0 Å². The first-order valence-electron chi connectivity index (χ1n) is 6.67. The van der Waals surface area contributed by atoms with E-state index < -0.39 is 0 Å². The summed E-state index contributed by atoms with van der Waals surface area (Å²) in [6, 6.07) is 0.365. The molecule has 1 aliphatic carbocycles. The van der Waals surface area contributed by atoms with Gasteiger partial charge < -0.3 is 14.8 Å². The molecule has 3 nitrogen and oxygen atoms in total. The molecule has 16 heavy (non-hydrogen) atoms. The van der Waals surface area contributed by atoms with E-state index in [0.29, 0.717) is 12.1 Å². The van der Waals surface area contributed by atoms with Gasteiger partial charge in [-0.05, 0) is 38.1 Å². The Bertz CT molecular complexity index is 171. The van der Waals surface area contributed by atoms with E-state index in [-0.39, 0.29) is 0 Å². The summed E-state index contributed by atoms with van der Waals surface area (Å²) in [6.07, 6.45) is 5.21. The van der Waals surface area contributed by atoms with Crippen LogP contribution in [0.1, 0.15) is 39.5 Å². The molecular formula is C13H27NO2. The highest BCUT2D eigenvalue weighted by Crippen LogP contribution is 2.35. The van der Waals surface area contributed by atoms with E-state index in [2.05, 4.69) is 19.2 Å². The highest BCUT2D eigenvalue weighted by Gasteiger charge is 2.36. The van der Waals surface area contributed by atoms with Crippen molar-refractivity contribution < 1.29 is 9.47 Å². The molecule has 0 aromatic carbocycles. The molecule has 96 valence electrons. The molecular weight excluding hydrogens is 202 g/mol. The number of nitrogens with one attached hydrogen (secondary N) is 1. The van der Waals surface area contributed by atoms with Crippen LogP contribution in [0.3, 0.4) is 0 Å². The molecule has 1 rings (SSSR count). The molecule has 0 radical (unpaired) electrons. The van der Waals surface area contributed by atoms with Crippen LogP contribution >= 0.6 is 0 Å². The van der Waals surface area contributed by atoms with E-state index in [9.17, 15) is 0 Å². The van der Waals surface area contributed by atoms with Crippen molar-refractivity contribution in [3.8, 4) is 0 Å². The van der Waals surface area contributed by atoms with Crippen LogP contribution < -0.4 is 5.32 Å². The fourth-order valence-electron chi connectivity index (χ4n) is 2.06. The van der Waals surface area contributed by atoms with Crippen molar-refractivity contribution in [1.29, 1.82) is 0 Å². The van der Waals surface area contributed by atoms with Crippen LogP contribution in [0.25, 0.3) is 0 Å². The molecule has 2 unspecified atom stereocenters. The normalized spacial score (nSPS) is 19.7. The Labute approximate surface area is 99.9 Å². The fraction of sp³-hybridized carbons (Fsp3) is 1.00. The number of rotatable bonds is 10. The van der Waals surface area contributed by atoms with E-state index in [1.54, 1.807) is 0 Å². The minimum atomic E-state index is 0.336.